The van der Waals surface area contributed by atoms with Crippen molar-refractivity contribution in [1.29, 1.82) is 0 Å². The zero-order valence-corrected chi connectivity index (χ0v) is 29.1. The molecule has 7 heteroatoms. The normalized spacial score (nSPS) is 24.9. The summed E-state index contributed by atoms with van der Waals surface area (Å²) in [5.74, 6) is 1.54. The first-order valence-corrected chi connectivity index (χ1v) is 18.5. The fraction of sp³-hybridized carbons (Fsp3) is 0.500. The summed E-state index contributed by atoms with van der Waals surface area (Å²) < 4.78 is 12.8. The van der Waals surface area contributed by atoms with Crippen molar-refractivity contribution >= 4 is 17.7 Å². The Bertz CT molecular complexity index is 1660. The SMILES string of the molecule is CC(=O)CN1CC[C@]23c4c5ccc(OC(C)=O)c4O[C@H]2[C@H](N(CCCc2ccccc2)C(=O)CCCCCc2ccccc2)CC[C@H]3[C@H]1C5. The molecule has 3 aromatic carbocycles. The van der Waals surface area contributed by atoms with Gasteiger partial charge in [0.25, 0.3) is 0 Å². The maximum Gasteiger partial charge on any atom is 0.308 e. The van der Waals surface area contributed by atoms with E-state index in [0.717, 1.165) is 70.8 Å². The van der Waals surface area contributed by atoms with E-state index in [2.05, 4.69) is 70.5 Å². The largest absolute Gasteiger partial charge is 0.483 e. The van der Waals surface area contributed by atoms with Gasteiger partial charge < -0.3 is 14.4 Å². The zero-order valence-electron chi connectivity index (χ0n) is 29.1. The van der Waals surface area contributed by atoms with Gasteiger partial charge in [-0.3, -0.25) is 19.3 Å². The van der Waals surface area contributed by atoms with Crippen LogP contribution in [0.15, 0.2) is 72.8 Å². The lowest BCUT2D eigenvalue weighted by Gasteiger charge is -2.60. The summed E-state index contributed by atoms with van der Waals surface area (Å²) in [5, 5.41) is 0. The summed E-state index contributed by atoms with van der Waals surface area (Å²) in [6.07, 6.45) is 9.64. The van der Waals surface area contributed by atoms with Gasteiger partial charge in [-0.05, 0) is 99.9 Å². The Hall–Kier alpha value is -3.97. The zero-order chi connectivity index (χ0) is 34.0. The van der Waals surface area contributed by atoms with Gasteiger partial charge in [0.1, 0.15) is 11.9 Å². The van der Waals surface area contributed by atoms with E-state index in [-0.39, 0.29) is 41.3 Å². The fourth-order valence-electron chi connectivity index (χ4n) is 9.77. The van der Waals surface area contributed by atoms with Crippen molar-refractivity contribution in [2.24, 2.45) is 5.92 Å². The number of piperidine rings is 1. The van der Waals surface area contributed by atoms with Crippen LogP contribution in [-0.4, -0.2) is 65.3 Å². The van der Waals surface area contributed by atoms with E-state index in [1.165, 1.54) is 29.2 Å². The lowest BCUT2D eigenvalue weighted by molar-refractivity contribution is -0.143. The summed E-state index contributed by atoms with van der Waals surface area (Å²) in [6, 6.07) is 25.2. The van der Waals surface area contributed by atoms with Crippen LogP contribution in [0.1, 0.15) is 87.5 Å². The molecule has 7 nitrogen and oxygen atoms in total. The molecule has 5 atom stereocenters. The molecule has 2 aliphatic carbocycles. The van der Waals surface area contributed by atoms with Crippen LogP contribution in [-0.2, 0) is 39.1 Å². The molecule has 2 bridgehead atoms. The number of hydrogen-bond donors (Lipinski definition) is 0. The predicted octanol–water partition coefficient (Wildman–Crippen LogP) is 6.87. The van der Waals surface area contributed by atoms with Crippen LogP contribution in [0.25, 0.3) is 0 Å². The summed E-state index contributed by atoms with van der Waals surface area (Å²) in [7, 11) is 0. The van der Waals surface area contributed by atoms with Gasteiger partial charge in [-0.25, -0.2) is 0 Å². The highest BCUT2D eigenvalue weighted by atomic mass is 16.6. The summed E-state index contributed by atoms with van der Waals surface area (Å²) in [5.41, 5.74) is 4.77. The lowest BCUT2D eigenvalue weighted by atomic mass is 9.51. The first-order chi connectivity index (χ1) is 23.8. The van der Waals surface area contributed by atoms with Crippen molar-refractivity contribution in [2.45, 2.75) is 108 Å². The minimum absolute atomic E-state index is 0.0765. The molecule has 3 aromatic rings. The van der Waals surface area contributed by atoms with Crippen LogP contribution < -0.4 is 9.47 Å². The quantitative estimate of drug-likeness (QED) is 0.107. The number of hydrogen-bond acceptors (Lipinski definition) is 6. The van der Waals surface area contributed by atoms with E-state index in [9.17, 15) is 14.4 Å². The smallest absolute Gasteiger partial charge is 0.308 e. The average molecular weight is 663 g/mol. The molecule has 1 saturated carbocycles. The number of ketones is 1. The number of ether oxygens (including phenoxy) is 2. The van der Waals surface area contributed by atoms with Gasteiger partial charge in [0.15, 0.2) is 11.5 Å². The second-order valence-corrected chi connectivity index (χ2v) is 14.8. The molecule has 0 unspecified atom stereocenters. The summed E-state index contributed by atoms with van der Waals surface area (Å²) >= 11 is 0. The van der Waals surface area contributed by atoms with Gasteiger partial charge in [0.2, 0.25) is 5.91 Å². The number of Topliss-reactive ketones (excluding diaryl/α,β-unsaturated/α-hetero) is 1. The second-order valence-electron chi connectivity index (χ2n) is 14.8. The average Bonchev–Trinajstić information content (AvgIpc) is 3.45. The maximum absolute atomic E-state index is 14.4. The molecule has 0 N–H and O–H groups in total. The van der Waals surface area contributed by atoms with E-state index in [0.29, 0.717) is 36.9 Å². The number of unbranched alkanes of at least 4 members (excludes halogenated alkanes) is 2. The number of esters is 1. The number of rotatable bonds is 14. The van der Waals surface area contributed by atoms with Crippen LogP contribution in [0.2, 0.25) is 0 Å². The first kappa shape index (κ1) is 33.5. The monoisotopic (exact) mass is 662 g/mol. The van der Waals surface area contributed by atoms with Gasteiger partial charge in [-0.2, -0.15) is 0 Å². The molecule has 4 aliphatic rings. The third-order valence-electron chi connectivity index (χ3n) is 11.7. The minimum atomic E-state index is -0.366. The molecule has 2 fully saturated rings. The Kier molecular flexibility index (Phi) is 9.91. The van der Waals surface area contributed by atoms with Crippen LogP contribution in [0.3, 0.4) is 0 Å². The van der Waals surface area contributed by atoms with Gasteiger partial charge >= 0.3 is 5.97 Å². The number of benzene rings is 3. The fourth-order valence-corrected chi connectivity index (χ4v) is 9.77. The molecule has 258 valence electrons. The van der Waals surface area contributed by atoms with Crippen LogP contribution in [0.4, 0.5) is 0 Å². The Morgan fingerprint density at radius 1 is 0.878 bits per heavy atom. The molecule has 1 amide bonds. The van der Waals surface area contributed by atoms with E-state index < -0.39 is 0 Å². The standard InChI is InChI=1S/C42H50N2O5/c1-29(45)28-43-26-24-42-34-21-22-35(41(42)49-40-37(48-30(2)46)23-20-33(39(40)42)27-36(34)43)44(25-12-18-32-16-8-4-9-17-32)38(47)19-11-5-10-15-31-13-6-3-7-14-31/h3-4,6-9,13-14,16-17,20,23,34-36,41H,5,10-12,15,18-19,21-22,24-28H2,1-2H3/t34-,35+,36+,41-,42-/m0/s1. The van der Waals surface area contributed by atoms with Gasteiger partial charge in [-0.15, -0.1) is 0 Å². The molecule has 2 aliphatic heterocycles. The number of likely N-dealkylation sites (tertiary alicyclic amines) is 1. The predicted molar refractivity (Wildman–Crippen MR) is 190 cm³/mol. The van der Waals surface area contributed by atoms with Crippen molar-refractivity contribution in [2.75, 3.05) is 19.6 Å². The second kappa shape index (κ2) is 14.5. The van der Waals surface area contributed by atoms with Crippen molar-refractivity contribution < 1.29 is 23.9 Å². The number of carbonyl (C=O) groups excluding carboxylic acids is 3. The minimum Gasteiger partial charge on any atom is -0.483 e. The van der Waals surface area contributed by atoms with E-state index in [1.54, 1.807) is 6.92 Å². The molecule has 0 radical (unpaired) electrons. The topological polar surface area (TPSA) is 76.2 Å². The summed E-state index contributed by atoms with van der Waals surface area (Å²) in [4.78, 5) is 43.5. The molecule has 2 heterocycles. The molecule has 1 spiro atoms. The van der Waals surface area contributed by atoms with Crippen LogP contribution in [0.5, 0.6) is 11.5 Å². The number of amides is 1. The third-order valence-corrected chi connectivity index (χ3v) is 11.7. The highest BCUT2D eigenvalue weighted by Gasteiger charge is 2.66. The Morgan fingerprint density at radius 3 is 2.29 bits per heavy atom. The number of aryl methyl sites for hydroxylation is 2. The van der Waals surface area contributed by atoms with E-state index in [4.69, 9.17) is 9.47 Å². The molecule has 49 heavy (non-hydrogen) atoms. The van der Waals surface area contributed by atoms with Gasteiger partial charge in [-0.1, -0.05) is 73.2 Å². The van der Waals surface area contributed by atoms with Gasteiger partial charge in [0, 0.05) is 36.9 Å². The molecule has 1 saturated heterocycles. The van der Waals surface area contributed by atoms with E-state index >= 15 is 0 Å². The van der Waals surface area contributed by atoms with Crippen molar-refractivity contribution in [3.05, 3.63) is 95.1 Å². The highest BCUT2D eigenvalue weighted by molar-refractivity contribution is 5.78. The van der Waals surface area contributed by atoms with E-state index in [1.807, 2.05) is 12.1 Å². The highest BCUT2D eigenvalue weighted by Crippen LogP contribution is 2.64. The third kappa shape index (κ3) is 6.66. The maximum atomic E-state index is 14.4. The Labute approximate surface area is 291 Å². The van der Waals surface area contributed by atoms with Crippen molar-refractivity contribution in [3.63, 3.8) is 0 Å². The molecule has 7 rings (SSSR count). The van der Waals surface area contributed by atoms with Crippen molar-refractivity contribution in [3.8, 4) is 11.5 Å². The van der Waals surface area contributed by atoms with Crippen molar-refractivity contribution in [1.82, 2.24) is 9.80 Å². The van der Waals surface area contributed by atoms with Gasteiger partial charge in [0.05, 0.1) is 12.6 Å². The Morgan fingerprint density at radius 2 is 1.59 bits per heavy atom. The summed E-state index contributed by atoms with van der Waals surface area (Å²) in [6.45, 7) is 5.08. The lowest BCUT2D eigenvalue weighted by Crippen LogP contribution is -2.69. The molecular formula is C42H50N2O5. The molecule has 0 aromatic heterocycles. The van der Waals surface area contributed by atoms with Crippen LogP contribution in [0, 0.1) is 5.92 Å². The number of nitrogens with zero attached hydrogens (tertiary/aromatic N) is 2. The first-order valence-electron chi connectivity index (χ1n) is 18.5. The molecular weight excluding hydrogens is 612 g/mol. The number of carbonyl (C=O) groups is 3. The Balaban J connectivity index is 1.16. The van der Waals surface area contributed by atoms with Crippen LogP contribution >= 0.6 is 0 Å².